The first-order valence-electron chi connectivity index (χ1n) is 12.9. The highest BCUT2D eigenvalue weighted by Crippen LogP contribution is 2.40. The predicted octanol–water partition coefficient (Wildman–Crippen LogP) is 3.61. The van der Waals surface area contributed by atoms with E-state index in [1.165, 1.54) is 16.4 Å². The van der Waals surface area contributed by atoms with Crippen LogP contribution in [0.1, 0.15) is 12.2 Å². The molecule has 5 rings (SSSR count). The second-order valence-electron chi connectivity index (χ2n) is 9.22. The molecule has 0 saturated carbocycles. The molecule has 218 valence electrons. The van der Waals surface area contributed by atoms with Crippen molar-refractivity contribution in [2.24, 2.45) is 0 Å². The number of anilines is 3. The summed E-state index contributed by atoms with van der Waals surface area (Å²) in [5.74, 6) is 2.73. The van der Waals surface area contributed by atoms with Crippen LogP contribution in [0.25, 0.3) is 5.57 Å². The molecule has 1 fully saturated rings. The van der Waals surface area contributed by atoms with E-state index < -0.39 is 10.0 Å². The van der Waals surface area contributed by atoms with Gasteiger partial charge in [-0.25, -0.2) is 8.42 Å². The van der Waals surface area contributed by atoms with E-state index in [2.05, 4.69) is 10.3 Å². The van der Waals surface area contributed by atoms with Gasteiger partial charge in [0.2, 0.25) is 27.7 Å². The number of hydrogen-bond acceptors (Lipinski definition) is 11. The first kappa shape index (κ1) is 28.9. The maximum absolute atomic E-state index is 13.2. The van der Waals surface area contributed by atoms with Gasteiger partial charge in [0.25, 0.3) is 0 Å². The molecule has 14 heteroatoms. The fourth-order valence-corrected chi connectivity index (χ4v) is 6.09. The smallest absolute Gasteiger partial charge is 0.243 e. The van der Waals surface area contributed by atoms with E-state index in [1.807, 2.05) is 11.0 Å². The van der Waals surface area contributed by atoms with E-state index in [1.54, 1.807) is 45.6 Å². The number of nitrogens with zero attached hydrogens (tertiary/aromatic N) is 5. The molecule has 2 aliphatic rings. The molecule has 12 nitrogen and oxygen atoms in total. The summed E-state index contributed by atoms with van der Waals surface area (Å²) in [6.07, 6.45) is 2.28. The Morgan fingerprint density at radius 2 is 1.61 bits per heavy atom. The number of morpholine rings is 1. The fourth-order valence-electron chi connectivity index (χ4n) is 4.58. The Morgan fingerprint density at radius 3 is 2.20 bits per heavy atom. The third-order valence-electron chi connectivity index (χ3n) is 6.75. The molecular weight excluding hydrogens is 572 g/mol. The number of rotatable bonds is 9. The highest BCUT2D eigenvalue weighted by atomic mass is 35.5. The molecule has 2 aliphatic heterocycles. The average Bonchev–Trinajstić information content (AvgIpc) is 3.01. The first-order valence-corrected chi connectivity index (χ1v) is 14.7. The van der Waals surface area contributed by atoms with E-state index in [0.29, 0.717) is 78.4 Å². The zero-order valence-electron chi connectivity index (χ0n) is 23.0. The van der Waals surface area contributed by atoms with Gasteiger partial charge in [-0.15, -0.1) is 0 Å². The molecule has 0 spiro atoms. The third-order valence-corrected chi connectivity index (χ3v) is 8.88. The Hall–Kier alpha value is -3.65. The van der Waals surface area contributed by atoms with Crippen molar-refractivity contribution in [2.75, 3.05) is 70.9 Å². The van der Waals surface area contributed by atoms with E-state index >= 15 is 0 Å². The van der Waals surface area contributed by atoms with Gasteiger partial charge in [0.15, 0.2) is 17.3 Å². The molecule has 0 atom stereocenters. The summed E-state index contributed by atoms with van der Waals surface area (Å²) >= 11 is 5.94. The predicted molar refractivity (Wildman–Crippen MR) is 155 cm³/mol. The molecule has 2 aromatic carbocycles. The number of halogens is 1. The van der Waals surface area contributed by atoms with Crippen LogP contribution in [0, 0.1) is 0 Å². The van der Waals surface area contributed by atoms with Crippen LogP contribution in [-0.2, 0) is 14.8 Å². The van der Waals surface area contributed by atoms with Crippen LogP contribution in [0.5, 0.6) is 17.2 Å². The quantitative estimate of drug-likeness (QED) is 0.386. The van der Waals surface area contributed by atoms with Crippen molar-refractivity contribution in [3.8, 4) is 17.2 Å². The largest absolute Gasteiger partial charge is 0.493 e. The molecule has 0 amide bonds. The van der Waals surface area contributed by atoms with Gasteiger partial charge in [-0.05, 0) is 36.3 Å². The SMILES string of the molecule is COc1cc(Nc2nc(C3=CCN(S(=O)(=O)c4ccc(Cl)cc4)CC3)nc(N3CCOCC3)n2)cc(OC)c1OC. The Bertz CT molecular complexity index is 1500. The van der Waals surface area contributed by atoms with Crippen LogP contribution in [0.15, 0.2) is 47.4 Å². The molecule has 3 heterocycles. The molecular formula is C27H31ClN6O6S. The van der Waals surface area contributed by atoms with Crippen LogP contribution in [0.3, 0.4) is 0 Å². The molecule has 0 radical (unpaired) electrons. The van der Waals surface area contributed by atoms with Gasteiger partial charge >= 0.3 is 0 Å². The lowest BCUT2D eigenvalue weighted by molar-refractivity contribution is 0.122. The monoisotopic (exact) mass is 602 g/mol. The normalized spacial score (nSPS) is 16.2. The second-order valence-corrected chi connectivity index (χ2v) is 11.6. The van der Waals surface area contributed by atoms with Crippen LogP contribution in [0.2, 0.25) is 5.02 Å². The van der Waals surface area contributed by atoms with Crippen molar-refractivity contribution in [3.63, 3.8) is 0 Å². The Labute approximate surface area is 243 Å². The molecule has 0 unspecified atom stereocenters. The van der Waals surface area contributed by atoms with Crippen LogP contribution in [-0.4, -0.2) is 88.4 Å². The van der Waals surface area contributed by atoms with Gasteiger partial charge < -0.3 is 29.2 Å². The van der Waals surface area contributed by atoms with Crippen LogP contribution in [0.4, 0.5) is 17.6 Å². The van der Waals surface area contributed by atoms with E-state index in [0.717, 1.165) is 5.57 Å². The van der Waals surface area contributed by atoms with Crippen molar-refractivity contribution in [1.29, 1.82) is 0 Å². The Kier molecular flexibility index (Phi) is 8.78. The molecule has 0 aliphatic carbocycles. The third kappa shape index (κ3) is 6.32. The van der Waals surface area contributed by atoms with E-state index in [-0.39, 0.29) is 18.0 Å². The first-order chi connectivity index (χ1) is 19.8. The van der Waals surface area contributed by atoms with Crippen molar-refractivity contribution < 1.29 is 27.4 Å². The zero-order valence-corrected chi connectivity index (χ0v) is 24.5. The molecule has 1 saturated heterocycles. The molecule has 1 aromatic heterocycles. The van der Waals surface area contributed by atoms with Gasteiger partial charge in [-0.2, -0.15) is 19.3 Å². The highest BCUT2D eigenvalue weighted by Gasteiger charge is 2.28. The average molecular weight is 603 g/mol. The second kappa shape index (κ2) is 12.5. The summed E-state index contributed by atoms with van der Waals surface area (Å²) in [7, 11) is 0.965. The van der Waals surface area contributed by atoms with Gasteiger partial charge in [0, 0.05) is 49.0 Å². The molecule has 3 aromatic rings. The molecule has 41 heavy (non-hydrogen) atoms. The maximum atomic E-state index is 13.2. The van der Waals surface area contributed by atoms with E-state index in [9.17, 15) is 8.42 Å². The summed E-state index contributed by atoms with van der Waals surface area (Å²) in [6.45, 7) is 2.88. The maximum Gasteiger partial charge on any atom is 0.243 e. The van der Waals surface area contributed by atoms with Crippen LogP contribution < -0.4 is 24.4 Å². The summed E-state index contributed by atoms with van der Waals surface area (Å²) in [5, 5.41) is 3.72. The Morgan fingerprint density at radius 1 is 0.927 bits per heavy atom. The lowest BCUT2D eigenvalue weighted by atomic mass is 10.1. The minimum atomic E-state index is -3.67. The van der Waals surface area contributed by atoms with Gasteiger partial charge in [0.1, 0.15) is 0 Å². The topological polar surface area (TPSA) is 128 Å². The highest BCUT2D eigenvalue weighted by molar-refractivity contribution is 7.89. The number of benzene rings is 2. The number of aromatic nitrogens is 3. The van der Waals surface area contributed by atoms with Crippen molar-refractivity contribution >= 4 is 44.8 Å². The summed E-state index contributed by atoms with van der Waals surface area (Å²) < 4.78 is 49.7. The minimum Gasteiger partial charge on any atom is -0.493 e. The van der Waals surface area contributed by atoms with Gasteiger partial charge in [-0.3, -0.25) is 0 Å². The lowest BCUT2D eigenvalue weighted by Crippen LogP contribution is -2.38. The van der Waals surface area contributed by atoms with Gasteiger partial charge in [-0.1, -0.05) is 17.7 Å². The molecule has 0 bridgehead atoms. The van der Waals surface area contributed by atoms with Crippen molar-refractivity contribution in [2.45, 2.75) is 11.3 Å². The molecule has 1 N–H and O–H groups in total. The fraction of sp³-hybridized carbons (Fsp3) is 0.370. The van der Waals surface area contributed by atoms with Crippen LogP contribution >= 0.6 is 11.6 Å². The summed E-state index contributed by atoms with van der Waals surface area (Å²) in [4.78, 5) is 16.4. The number of sulfonamides is 1. The van der Waals surface area contributed by atoms with Crippen molar-refractivity contribution in [3.05, 3.63) is 53.3 Å². The number of methoxy groups -OCH3 is 3. The number of hydrogen-bond donors (Lipinski definition) is 1. The number of ether oxygens (including phenoxy) is 4. The standard InChI is InChI=1S/C27H31ClN6O6S/c1-37-22-16-20(17-23(38-2)24(22)39-3)29-26-30-25(31-27(32-26)33-12-14-40-15-13-33)18-8-10-34(11-9-18)41(35,36)21-6-4-19(28)5-7-21/h4-8,16-17H,9-15H2,1-3H3,(H,29,30,31,32). The summed E-state index contributed by atoms with van der Waals surface area (Å²) in [5.41, 5.74) is 1.46. The van der Waals surface area contributed by atoms with E-state index in [4.69, 9.17) is 40.5 Å². The minimum absolute atomic E-state index is 0.189. The van der Waals surface area contributed by atoms with Gasteiger partial charge in [0.05, 0.1) is 39.4 Å². The Balaban J connectivity index is 1.45. The number of nitrogens with one attached hydrogen (secondary N) is 1. The summed E-state index contributed by atoms with van der Waals surface area (Å²) in [6, 6.07) is 9.69. The van der Waals surface area contributed by atoms with Crippen molar-refractivity contribution in [1.82, 2.24) is 19.3 Å². The zero-order chi connectivity index (χ0) is 29.0. The lowest BCUT2D eigenvalue weighted by Gasteiger charge is -2.28.